The van der Waals surface area contributed by atoms with E-state index < -0.39 is 0 Å². The van der Waals surface area contributed by atoms with Gasteiger partial charge >= 0.3 is 0 Å². The standard InChI is InChI=1S/C10H18N4/c1-4-7-8(6-11)10(12-3)14-13-9(7)5-2/h4-6,11H2,1-3H3,(H,12,14). The molecule has 0 radical (unpaired) electrons. The maximum atomic E-state index is 5.72. The zero-order chi connectivity index (χ0) is 10.6. The molecular weight excluding hydrogens is 176 g/mol. The van der Waals surface area contributed by atoms with Gasteiger partial charge in [0.05, 0.1) is 5.69 Å². The molecule has 1 aromatic heterocycles. The summed E-state index contributed by atoms with van der Waals surface area (Å²) in [6, 6.07) is 0. The number of nitrogens with one attached hydrogen (secondary N) is 1. The second kappa shape index (κ2) is 4.91. The Labute approximate surface area is 84.9 Å². The molecule has 0 saturated heterocycles. The Morgan fingerprint density at radius 3 is 2.29 bits per heavy atom. The quantitative estimate of drug-likeness (QED) is 0.753. The molecule has 0 amide bonds. The first-order valence-corrected chi connectivity index (χ1v) is 5.03. The summed E-state index contributed by atoms with van der Waals surface area (Å²) in [6.45, 7) is 4.72. The van der Waals surface area contributed by atoms with E-state index in [1.54, 1.807) is 0 Å². The lowest BCUT2D eigenvalue weighted by molar-refractivity contribution is 0.846. The van der Waals surface area contributed by atoms with Crippen LogP contribution < -0.4 is 11.1 Å². The summed E-state index contributed by atoms with van der Waals surface area (Å²) in [4.78, 5) is 0. The van der Waals surface area contributed by atoms with E-state index in [1.807, 2.05) is 7.05 Å². The molecule has 14 heavy (non-hydrogen) atoms. The Morgan fingerprint density at radius 1 is 1.14 bits per heavy atom. The molecule has 0 atom stereocenters. The van der Waals surface area contributed by atoms with E-state index in [9.17, 15) is 0 Å². The molecule has 1 rings (SSSR count). The van der Waals surface area contributed by atoms with Gasteiger partial charge in [-0.1, -0.05) is 13.8 Å². The predicted molar refractivity (Wildman–Crippen MR) is 58.2 cm³/mol. The van der Waals surface area contributed by atoms with Gasteiger partial charge in [0, 0.05) is 19.2 Å². The molecule has 0 unspecified atom stereocenters. The third kappa shape index (κ3) is 1.85. The normalized spacial score (nSPS) is 10.3. The first-order chi connectivity index (χ1) is 6.78. The van der Waals surface area contributed by atoms with Crippen LogP contribution in [0.2, 0.25) is 0 Å². The van der Waals surface area contributed by atoms with Gasteiger partial charge in [-0.2, -0.15) is 5.10 Å². The Balaban J connectivity index is 3.28. The average Bonchev–Trinajstić information content (AvgIpc) is 2.26. The number of nitrogens with zero attached hydrogens (tertiary/aromatic N) is 2. The van der Waals surface area contributed by atoms with Gasteiger partial charge in [-0.25, -0.2) is 0 Å². The fraction of sp³-hybridized carbons (Fsp3) is 0.600. The number of anilines is 1. The number of aromatic nitrogens is 2. The van der Waals surface area contributed by atoms with Crippen LogP contribution in [0.25, 0.3) is 0 Å². The molecule has 0 aliphatic carbocycles. The van der Waals surface area contributed by atoms with Crippen LogP contribution in [0.15, 0.2) is 0 Å². The van der Waals surface area contributed by atoms with Gasteiger partial charge in [-0.3, -0.25) is 0 Å². The predicted octanol–water partition coefficient (Wildman–Crippen LogP) is 1.10. The molecule has 3 N–H and O–H groups in total. The highest BCUT2D eigenvalue weighted by Crippen LogP contribution is 2.19. The summed E-state index contributed by atoms with van der Waals surface area (Å²) < 4.78 is 0. The SMILES string of the molecule is CCc1nnc(NC)c(CN)c1CC. The minimum Gasteiger partial charge on any atom is -0.371 e. The second-order valence-electron chi connectivity index (χ2n) is 3.11. The molecule has 0 aromatic carbocycles. The maximum absolute atomic E-state index is 5.72. The number of rotatable bonds is 4. The topological polar surface area (TPSA) is 63.8 Å². The van der Waals surface area contributed by atoms with Crippen LogP contribution in [-0.4, -0.2) is 17.2 Å². The highest BCUT2D eigenvalue weighted by Gasteiger charge is 2.11. The summed E-state index contributed by atoms with van der Waals surface area (Å²) in [5.41, 5.74) is 9.12. The molecule has 1 heterocycles. The fourth-order valence-electron chi connectivity index (χ4n) is 1.67. The second-order valence-corrected chi connectivity index (χ2v) is 3.11. The lowest BCUT2D eigenvalue weighted by atomic mass is 10.0. The molecule has 0 spiro atoms. The molecule has 78 valence electrons. The van der Waals surface area contributed by atoms with Crippen molar-refractivity contribution in [3.8, 4) is 0 Å². The summed E-state index contributed by atoms with van der Waals surface area (Å²) >= 11 is 0. The van der Waals surface area contributed by atoms with Crippen molar-refractivity contribution >= 4 is 5.82 Å². The molecule has 0 aliphatic rings. The molecule has 4 nitrogen and oxygen atoms in total. The molecule has 0 saturated carbocycles. The van der Waals surface area contributed by atoms with E-state index in [1.165, 1.54) is 5.56 Å². The smallest absolute Gasteiger partial charge is 0.153 e. The highest BCUT2D eigenvalue weighted by atomic mass is 15.2. The van der Waals surface area contributed by atoms with Gasteiger partial charge in [0.2, 0.25) is 0 Å². The van der Waals surface area contributed by atoms with Crippen molar-refractivity contribution in [3.05, 3.63) is 16.8 Å². The van der Waals surface area contributed by atoms with Crippen LogP contribution in [0.1, 0.15) is 30.7 Å². The third-order valence-electron chi connectivity index (χ3n) is 2.40. The van der Waals surface area contributed by atoms with Crippen molar-refractivity contribution in [1.29, 1.82) is 0 Å². The van der Waals surface area contributed by atoms with E-state index in [0.717, 1.165) is 29.9 Å². The highest BCUT2D eigenvalue weighted by molar-refractivity contribution is 5.48. The molecule has 0 fully saturated rings. The lowest BCUT2D eigenvalue weighted by Gasteiger charge is -2.13. The lowest BCUT2D eigenvalue weighted by Crippen LogP contribution is -2.12. The summed E-state index contributed by atoms with van der Waals surface area (Å²) in [5, 5.41) is 11.3. The van der Waals surface area contributed by atoms with E-state index in [-0.39, 0.29) is 0 Å². The van der Waals surface area contributed by atoms with Crippen molar-refractivity contribution in [2.24, 2.45) is 5.73 Å². The minimum absolute atomic E-state index is 0.516. The van der Waals surface area contributed by atoms with Crippen LogP contribution in [0.4, 0.5) is 5.82 Å². The summed E-state index contributed by atoms with van der Waals surface area (Å²) in [6.07, 6.45) is 1.87. The van der Waals surface area contributed by atoms with Gasteiger partial charge in [-0.05, 0) is 18.4 Å². The summed E-state index contributed by atoms with van der Waals surface area (Å²) in [5.74, 6) is 0.807. The Kier molecular flexibility index (Phi) is 3.83. The van der Waals surface area contributed by atoms with Gasteiger partial charge < -0.3 is 11.1 Å². The van der Waals surface area contributed by atoms with Crippen LogP contribution in [0.3, 0.4) is 0 Å². The van der Waals surface area contributed by atoms with Crippen molar-refractivity contribution < 1.29 is 0 Å². The van der Waals surface area contributed by atoms with Crippen molar-refractivity contribution in [2.75, 3.05) is 12.4 Å². The number of nitrogens with two attached hydrogens (primary N) is 1. The zero-order valence-electron chi connectivity index (χ0n) is 9.09. The van der Waals surface area contributed by atoms with Gasteiger partial charge in [-0.15, -0.1) is 5.10 Å². The molecule has 0 aliphatic heterocycles. The van der Waals surface area contributed by atoms with Crippen molar-refractivity contribution in [2.45, 2.75) is 33.2 Å². The Hall–Kier alpha value is -1.16. The van der Waals surface area contributed by atoms with E-state index >= 15 is 0 Å². The van der Waals surface area contributed by atoms with Gasteiger partial charge in [0.1, 0.15) is 0 Å². The Morgan fingerprint density at radius 2 is 1.86 bits per heavy atom. The molecule has 1 aromatic rings. The van der Waals surface area contributed by atoms with E-state index in [4.69, 9.17) is 5.73 Å². The molecule has 0 bridgehead atoms. The fourth-order valence-corrected chi connectivity index (χ4v) is 1.67. The third-order valence-corrected chi connectivity index (χ3v) is 2.40. The van der Waals surface area contributed by atoms with Gasteiger partial charge in [0.15, 0.2) is 5.82 Å². The van der Waals surface area contributed by atoms with E-state index in [2.05, 4.69) is 29.4 Å². The maximum Gasteiger partial charge on any atom is 0.153 e. The van der Waals surface area contributed by atoms with E-state index in [0.29, 0.717) is 6.54 Å². The van der Waals surface area contributed by atoms with Crippen molar-refractivity contribution in [3.63, 3.8) is 0 Å². The van der Waals surface area contributed by atoms with Crippen LogP contribution in [-0.2, 0) is 19.4 Å². The van der Waals surface area contributed by atoms with Crippen LogP contribution in [0, 0.1) is 0 Å². The first kappa shape index (κ1) is 10.9. The summed E-state index contributed by atoms with van der Waals surface area (Å²) in [7, 11) is 1.84. The number of hydrogen-bond donors (Lipinski definition) is 2. The average molecular weight is 194 g/mol. The number of aryl methyl sites for hydroxylation is 1. The Bertz CT molecular complexity index is 278. The first-order valence-electron chi connectivity index (χ1n) is 5.03. The molecular formula is C10H18N4. The largest absolute Gasteiger partial charge is 0.371 e. The monoisotopic (exact) mass is 194 g/mol. The minimum atomic E-state index is 0.516. The zero-order valence-corrected chi connectivity index (χ0v) is 9.09. The van der Waals surface area contributed by atoms with Crippen LogP contribution in [0.5, 0.6) is 0 Å². The number of hydrogen-bond acceptors (Lipinski definition) is 4. The van der Waals surface area contributed by atoms with Gasteiger partial charge in [0.25, 0.3) is 0 Å². The van der Waals surface area contributed by atoms with Crippen LogP contribution >= 0.6 is 0 Å². The van der Waals surface area contributed by atoms with Crippen molar-refractivity contribution in [1.82, 2.24) is 10.2 Å². The molecule has 4 heteroatoms.